The normalized spacial score (nSPS) is 11.1. The summed E-state index contributed by atoms with van der Waals surface area (Å²) in [6.45, 7) is -2.51. The number of phenols is 1. The maximum absolute atomic E-state index is 12.4. The summed E-state index contributed by atoms with van der Waals surface area (Å²) in [5, 5.41) is 12.7. The van der Waals surface area contributed by atoms with Crippen LogP contribution in [-0.4, -0.2) is 27.2 Å². The maximum atomic E-state index is 12.4. The molecule has 0 saturated heterocycles. The van der Waals surface area contributed by atoms with Gasteiger partial charge in [0, 0.05) is 11.3 Å². The molecule has 0 unspecified atom stereocenters. The molecule has 7 nitrogen and oxygen atoms in total. The number of amides is 1. The smallest absolute Gasteiger partial charge is 0.387 e. The number of hydrogen-bond donors (Lipinski definition) is 3. The number of hydrogen-bond acceptors (Lipinski definition) is 5. The largest absolute Gasteiger partial charge is 0.508 e. The zero-order valence-electron chi connectivity index (χ0n) is 16.1. The van der Waals surface area contributed by atoms with Gasteiger partial charge in [-0.05, 0) is 60.2 Å². The number of benzene rings is 3. The molecule has 1 heterocycles. The number of imidazole rings is 1. The summed E-state index contributed by atoms with van der Waals surface area (Å²) < 4.78 is 31.0. The maximum Gasteiger partial charge on any atom is 0.387 e. The summed E-state index contributed by atoms with van der Waals surface area (Å²) in [7, 11) is 0. The van der Waals surface area contributed by atoms with Crippen LogP contribution in [0, 0.1) is 0 Å². The van der Waals surface area contributed by atoms with Crippen LogP contribution in [0.15, 0.2) is 66.7 Å². The average Bonchev–Trinajstić information content (AvgIpc) is 3.07. The van der Waals surface area contributed by atoms with Crippen molar-refractivity contribution in [3.8, 4) is 11.5 Å². The topological polar surface area (TPSA) is 102 Å². The van der Waals surface area contributed by atoms with Crippen molar-refractivity contribution in [2.24, 2.45) is 5.73 Å². The number of phenolic OH excluding ortho intramolecular Hbond substituents is 1. The highest BCUT2D eigenvalue weighted by molar-refractivity contribution is 5.96. The number of carbonyl (C=O) groups is 1. The first kappa shape index (κ1) is 20.1. The number of fused-ring (bicyclic) bond motifs is 1. The summed E-state index contributed by atoms with van der Waals surface area (Å²) in [5.41, 5.74) is 8.56. The number of rotatable bonds is 7. The van der Waals surface area contributed by atoms with E-state index in [4.69, 9.17) is 5.73 Å². The molecule has 9 heteroatoms. The number of primary amides is 1. The number of alkyl halides is 2. The molecule has 4 rings (SSSR count). The second kappa shape index (κ2) is 8.31. The van der Waals surface area contributed by atoms with Gasteiger partial charge in [-0.3, -0.25) is 4.79 Å². The van der Waals surface area contributed by atoms with E-state index in [0.29, 0.717) is 29.3 Å². The van der Waals surface area contributed by atoms with E-state index in [9.17, 15) is 18.7 Å². The molecule has 158 valence electrons. The van der Waals surface area contributed by atoms with Gasteiger partial charge in [-0.15, -0.1) is 0 Å². The Morgan fingerprint density at radius 1 is 1.10 bits per heavy atom. The van der Waals surface area contributed by atoms with Crippen molar-refractivity contribution in [3.63, 3.8) is 0 Å². The van der Waals surface area contributed by atoms with Crippen LogP contribution in [0.1, 0.15) is 15.9 Å². The Kier molecular flexibility index (Phi) is 5.40. The molecule has 0 aliphatic heterocycles. The summed E-state index contributed by atoms with van der Waals surface area (Å²) in [5.74, 6) is 0.147. The number of anilines is 2. The number of aromatic nitrogens is 2. The number of ether oxygens (including phenoxy) is 1. The van der Waals surface area contributed by atoms with Crippen molar-refractivity contribution in [1.82, 2.24) is 9.55 Å². The number of halogens is 2. The van der Waals surface area contributed by atoms with Gasteiger partial charge in [0.25, 0.3) is 0 Å². The van der Waals surface area contributed by atoms with Gasteiger partial charge >= 0.3 is 6.61 Å². The number of nitrogens with one attached hydrogen (secondary N) is 1. The lowest BCUT2D eigenvalue weighted by atomic mass is 10.2. The van der Waals surface area contributed by atoms with Gasteiger partial charge in [-0.25, -0.2) is 4.98 Å². The lowest BCUT2D eigenvalue weighted by molar-refractivity contribution is -0.0498. The van der Waals surface area contributed by atoms with Gasteiger partial charge in [0.15, 0.2) is 0 Å². The van der Waals surface area contributed by atoms with Crippen molar-refractivity contribution in [2.45, 2.75) is 13.2 Å². The highest BCUT2D eigenvalue weighted by Crippen LogP contribution is 2.26. The van der Waals surface area contributed by atoms with Gasteiger partial charge in [-0.2, -0.15) is 8.78 Å². The van der Waals surface area contributed by atoms with E-state index in [-0.39, 0.29) is 11.5 Å². The van der Waals surface area contributed by atoms with Gasteiger partial charge in [-0.1, -0.05) is 12.1 Å². The van der Waals surface area contributed by atoms with E-state index in [0.717, 1.165) is 11.1 Å². The third-order valence-corrected chi connectivity index (χ3v) is 4.65. The molecule has 0 atom stereocenters. The summed E-state index contributed by atoms with van der Waals surface area (Å²) in [4.78, 5) is 16.1. The van der Waals surface area contributed by atoms with Gasteiger partial charge in [0.05, 0.1) is 17.6 Å². The Balaban J connectivity index is 1.71. The van der Waals surface area contributed by atoms with Crippen LogP contribution < -0.4 is 15.8 Å². The molecule has 3 aromatic carbocycles. The van der Waals surface area contributed by atoms with E-state index in [1.165, 1.54) is 12.1 Å². The third-order valence-electron chi connectivity index (χ3n) is 4.65. The van der Waals surface area contributed by atoms with E-state index in [1.807, 2.05) is 4.57 Å². The second-order valence-electron chi connectivity index (χ2n) is 6.78. The standard InChI is InChI=1S/C22H18F2N4O3/c23-21(24)31-17-8-1-13(2-9-17)12-28-19-10-3-14(20(25)30)11-18(19)27-22(28)26-15-4-6-16(29)7-5-15/h1-11,21,29H,12H2,(H2,25,30)(H,26,27). The van der Waals surface area contributed by atoms with E-state index in [2.05, 4.69) is 15.0 Å². The molecule has 0 aliphatic carbocycles. The van der Waals surface area contributed by atoms with Crippen molar-refractivity contribution in [1.29, 1.82) is 0 Å². The van der Waals surface area contributed by atoms with Crippen LogP contribution in [-0.2, 0) is 6.54 Å². The molecular formula is C22H18F2N4O3. The van der Waals surface area contributed by atoms with Crippen molar-refractivity contribution in [2.75, 3.05) is 5.32 Å². The monoisotopic (exact) mass is 424 g/mol. The van der Waals surface area contributed by atoms with Crippen LogP contribution in [0.25, 0.3) is 11.0 Å². The Labute approximate surface area is 175 Å². The molecular weight excluding hydrogens is 406 g/mol. The fourth-order valence-electron chi connectivity index (χ4n) is 3.17. The molecule has 1 aromatic heterocycles. The minimum absolute atomic E-state index is 0.0720. The third kappa shape index (κ3) is 4.55. The zero-order valence-corrected chi connectivity index (χ0v) is 16.1. The predicted molar refractivity (Wildman–Crippen MR) is 112 cm³/mol. The predicted octanol–water partition coefficient (Wildman–Crippen LogP) is 4.23. The van der Waals surface area contributed by atoms with Crippen molar-refractivity contribution in [3.05, 3.63) is 77.9 Å². The highest BCUT2D eigenvalue weighted by Gasteiger charge is 2.14. The van der Waals surface area contributed by atoms with Crippen LogP contribution in [0.5, 0.6) is 11.5 Å². The molecule has 31 heavy (non-hydrogen) atoms. The fourth-order valence-corrected chi connectivity index (χ4v) is 3.17. The molecule has 0 aliphatic rings. The minimum atomic E-state index is -2.89. The summed E-state index contributed by atoms with van der Waals surface area (Å²) in [6, 6.07) is 17.8. The highest BCUT2D eigenvalue weighted by atomic mass is 19.3. The SMILES string of the molecule is NC(=O)c1ccc2c(c1)nc(Nc1ccc(O)cc1)n2Cc1ccc(OC(F)F)cc1. The van der Waals surface area contributed by atoms with Crippen molar-refractivity contribution < 1.29 is 23.4 Å². The lowest BCUT2D eigenvalue weighted by Crippen LogP contribution is -2.10. The van der Waals surface area contributed by atoms with Crippen molar-refractivity contribution >= 4 is 28.6 Å². The lowest BCUT2D eigenvalue weighted by Gasteiger charge is -2.12. The molecule has 4 N–H and O–H groups in total. The number of aromatic hydroxyl groups is 1. The summed E-state index contributed by atoms with van der Waals surface area (Å²) in [6.07, 6.45) is 0. The van der Waals surface area contributed by atoms with Crippen LogP contribution in [0.3, 0.4) is 0 Å². The quantitative estimate of drug-likeness (QED) is 0.385. The molecule has 0 radical (unpaired) electrons. The van der Waals surface area contributed by atoms with Crippen LogP contribution in [0.2, 0.25) is 0 Å². The van der Waals surface area contributed by atoms with Gasteiger partial charge in [0.2, 0.25) is 11.9 Å². The molecule has 0 fully saturated rings. The Hall–Kier alpha value is -4.14. The molecule has 0 spiro atoms. The van der Waals surface area contributed by atoms with Crippen LogP contribution >= 0.6 is 0 Å². The number of carbonyl (C=O) groups excluding carboxylic acids is 1. The first-order valence-electron chi connectivity index (χ1n) is 9.29. The number of nitrogens with zero attached hydrogens (tertiary/aromatic N) is 2. The van der Waals surface area contributed by atoms with E-state index < -0.39 is 12.5 Å². The first-order valence-corrected chi connectivity index (χ1v) is 9.29. The Morgan fingerprint density at radius 2 is 1.81 bits per heavy atom. The number of nitrogens with two attached hydrogens (primary N) is 1. The molecule has 4 aromatic rings. The molecule has 0 saturated carbocycles. The Morgan fingerprint density at radius 3 is 2.45 bits per heavy atom. The summed E-state index contributed by atoms with van der Waals surface area (Å²) >= 11 is 0. The Bertz CT molecular complexity index is 1220. The fraction of sp³-hybridized carbons (Fsp3) is 0.0909. The van der Waals surface area contributed by atoms with Crippen LogP contribution in [0.4, 0.5) is 20.4 Å². The second-order valence-corrected chi connectivity index (χ2v) is 6.78. The first-order chi connectivity index (χ1) is 14.9. The molecule has 1 amide bonds. The van der Waals surface area contributed by atoms with E-state index >= 15 is 0 Å². The average molecular weight is 424 g/mol. The van der Waals surface area contributed by atoms with Gasteiger partial charge < -0.3 is 25.5 Å². The van der Waals surface area contributed by atoms with E-state index in [1.54, 1.807) is 54.6 Å². The zero-order chi connectivity index (χ0) is 22.0. The van der Waals surface area contributed by atoms with Gasteiger partial charge in [0.1, 0.15) is 11.5 Å². The minimum Gasteiger partial charge on any atom is -0.508 e. The molecule has 0 bridgehead atoms.